The molecule has 3 nitrogen and oxygen atoms in total. The van der Waals surface area contributed by atoms with Gasteiger partial charge < -0.3 is 10.1 Å². The number of amides is 1. The SMILES string of the molecule is CCC(CBr)NC(=O)C1CCOC1. The predicted octanol–water partition coefficient (Wildman–Crippen LogP) is 1.31. The van der Waals surface area contributed by atoms with Gasteiger partial charge >= 0.3 is 0 Å². The number of nitrogens with one attached hydrogen (secondary N) is 1. The van der Waals surface area contributed by atoms with E-state index in [1.54, 1.807) is 0 Å². The monoisotopic (exact) mass is 249 g/mol. The molecule has 0 aromatic rings. The number of hydrogen-bond acceptors (Lipinski definition) is 2. The molecule has 1 rings (SSSR count). The molecule has 0 spiro atoms. The summed E-state index contributed by atoms with van der Waals surface area (Å²) in [4.78, 5) is 11.6. The Morgan fingerprint density at radius 3 is 3.00 bits per heavy atom. The maximum Gasteiger partial charge on any atom is 0.225 e. The number of ether oxygens (including phenoxy) is 1. The Labute approximate surface area is 87.3 Å². The van der Waals surface area contributed by atoms with Crippen molar-refractivity contribution < 1.29 is 9.53 Å². The number of carbonyl (C=O) groups is 1. The number of hydrogen-bond donors (Lipinski definition) is 1. The van der Waals surface area contributed by atoms with E-state index in [0.29, 0.717) is 6.61 Å². The van der Waals surface area contributed by atoms with E-state index >= 15 is 0 Å². The molecular weight excluding hydrogens is 234 g/mol. The zero-order valence-corrected chi connectivity index (χ0v) is 9.47. The van der Waals surface area contributed by atoms with Crippen LogP contribution in [0.5, 0.6) is 0 Å². The molecule has 13 heavy (non-hydrogen) atoms. The summed E-state index contributed by atoms with van der Waals surface area (Å²) in [6.45, 7) is 3.38. The first-order valence-electron chi connectivity index (χ1n) is 4.72. The number of halogens is 1. The third-order valence-electron chi connectivity index (χ3n) is 2.33. The van der Waals surface area contributed by atoms with Crippen LogP contribution in [0.25, 0.3) is 0 Å². The van der Waals surface area contributed by atoms with Crippen molar-refractivity contribution in [2.75, 3.05) is 18.5 Å². The van der Waals surface area contributed by atoms with Crippen molar-refractivity contribution in [1.82, 2.24) is 5.32 Å². The van der Waals surface area contributed by atoms with E-state index in [1.807, 2.05) is 0 Å². The molecule has 4 heteroatoms. The Balaban J connectivity index is 2.30. The second-order valence-electron chi connectivity index (χ2n) is 3.33. The minimum absolute atomic E-state index is 0.0769. The van der Waals surface area contributed by atoms with Crippen LogP contribution < -0.4 is 5.32 Å². The Kier molecular flexibility index (Phi) is 4.73. The Morgan fingerprint density at radius 2 is 2.54 bits per heavy atom. The molecule has 1 amide bonds. The fourth-order valence-electron chi connectivity index (χ4n) is 1.31. The second kappa shape index (κ2) is 5.60. The van der Waals surface area contributed by atoms with Crippen LogP contribution in [-0.4, -0.2) is 30.5 Å². The number of alkyl halides is 1. The molecule has 1 N–H and O–H groups in total. The number of rotatable bonds is 4. The molecule has 1 heterocycles. The summed E-state index contributed by atoms with van der Waals surface area (Å²) in [6, 6.07) is 0.258. The molecule has 1 fully saturated rings. The molecule has 0 saturated carbocycles. The maximum absolute atomic E-state index is 11.6. The maximum atomic E-state index is 11.6. The van der Waals surface area contributed by atoms with Crippen LogP contribution >= 0.6 is 15.9 Å². The molecule has 0 aromatic carbocycles. The predicted molar refractivity (Wildman–Crippen MR) is 54.9 cm³/mol. The van der Waals surface area contributed by atoms with E-state index in [-0.39, 0.29) is 17.9 Å². The lowest BCUT2D eigenvalue weighted by Crippen LogP contribution is -2.39. The highest BCUT2D eigenvalue weighted by Crippen LogP contribution is 2.12. The third-order valence-corrected chi connectivity index (χ3v) is 3.11. The van der Waals surface area contributed by atoms with Gasteiger partial charge in [0, 0.05) is 18.0 Å². The lowest BCUT2D eigenvalue weighted by atomic mass is 10.1. The topological polar surface area (TPSA) is 38.3 Å². The minimum atomic E-state index is 0.0769. The molecule has 0 radical (unpaired) electrons. The highest BCUT2D eigenvalue weighted by molar-refractivity contribution is 9.09. The molecule has 1 saturated heterocycles. The quantitative estimate of drug-likeness (QED) is 0.764. The van der Waals surface area contributed by atoms with Gasteiger partial charge in [0.05, 0.1) is 12.5 Å². The van der Waals surface area contributed by atoms with Gasteiger partial charge in [0.2, 0.25) is 5.91 Å². The molecular formula is C9H16BrNO2. The Hall–Kier alpha value is -0.0900. The average molecular weight is 250 g/mol. The van der Waals surface area contributed by atoms with Crippen molar-refractivity contribution in [3.8, 4) is 0 Å². The van der Waals surface area contributed by atoms with E-state index < -0.39 is 0 Å². The first kappa shape index (κ1) is 11.0. The molecule has 2 unspecified atom stereocenters. The Morgan fingerprint density at radius 1 is 1.77 bits per heavy atom. The van der Waals surface area contributed by atoms with Crippen molar-refractivity contribution in [3.63, 3.8) is 0 Å². The summed E-state index contributed by atoms with van der Waals surface area (Å²) in [6.07, 6.45) is 1.83. The molecule has 2 atom stereocenters. The second-order valence-corrected chi connectivity index (χ2v) is 3.98. The summed E-state index contributed by atoms with van der Waals surface area (Å²) in [5.41, 5.74) is 0. The van der Waals surface area contributed by atoms with Crippen molar-refractivity contribution >= 4 is 21.8 Å². The van der Waals surface area contributed by atoms with E-state index in [2.05, 4.69) is 28.2 Å². The molecule has 0 aliphatic carbocycles. The minimum Gasteiger partial charge on any atom is -0.381 e. The zero-order chi connectivity index (χ0) is 9.68. The van der Waals surface area contributed by atoms with Crippen LogP contribution in [0.1, 0.15) is 19.8 Å². The first-order valence-corrected chi connectivity index (χ1v) is 5.84. The van der Waals surface area contributed by atoms with Crippen molar-refractivity contribution in [2.24, 2.45) is 5.92 Å². The van der Waals surface area contributed by atoms with Gasteiger partial charge in [0.1, 0.15) is 0 Å². The van der Waals surface area contributed by atoms with E-state index in [0.717, 1.165) is 24.8 Å². The smallest absolute Gasteiger partial charge is 0.225 e. The third kappa shape index (κ3) is 3.27. The lowest BCUT2D eigenvalue weighted by Gasteiger charge is -2.16. The molecule has 1 aliphatic rings. The van der Waals surface area contributed by atoms with Crippen LogP contribution in [-0.2, 0) is 9.53 Å². The highest BCUT2D eigenvalue weighted by atomic mass is 79.9. The summed E-state index contributed by atoms with van der Waals surface area (Å²) in [5, 5.41) is 3.81. The fourth-order valence-corrected chi connectivity index (χ4v) is 1.93. The van der Waals surface area contributed by atoms with Crippen LogP contribution in [0, 0.1) is 5.92 Å². The number of carbonyl (C=O) groups excluding carboxylic acids is 1. The molecule has 0 aromatic heterocycles. The Bertz CT molecular complexity index is 165. The molecule has 1 aliphatic heterocycles. The van der Waals surface area contributed by atoms with Gasteiger partial charge in [-0.1, -0.05) is 22.9 Å². The van der Waals surface area contributed by atoms with Crippen LogP contribution in [0.4, 0.5) is 0 Å². The van der Waals surface area contributed by atoms with E-state index in [4.69, 9.17) is 4.74 Å². The first-order chi connectivity index (χ1) is 6.27. The van der Waals surface area contributed by atoms with Gasteiger partial charge in [-0.05, 0) is 12.8 Å². The fraction of sp³-hybridized carbons (Fsp3) is 0.889. The van der Waals surface area contributed by atoms with E-state index in [1.165, 1.54) is 0 Å². The zero-order valence-electron chi connectivity index (χ0n) is 7.88. The summed E-state index contributed by atoms with van der Waals surface area (Å²) < 4.78 is 5.15. The summed E-state index contributed by atoms with van der Waals surface area (Å²) in [7, 11) is 0. The lowest BCUT2D eigenvalue weighted by molar-refractivity contribution is -0.125. The highest BCUT2D eigenvalue weighted by Gasteiger charge is 2.24. The van der Waals surface area contributed by atoms with Crippen molar-refractivity contribution in [1.29, 1.82) is 0 Å². The van der Waals surface area contributed by atoms with Crippen LogP contribution in [0.3, 0.4) is 0 Å². The summed E-state index contributed by atoms with van der Waals surface area (Å²) >= 11 is 3.37. The van der Waals surface area contributed by atoms with Gasteiger partial charge in [-0.3, -0.25) is 4.79 Å². The van der Waals surface area contributed by atoms with E-state index in [9.17, 15) is 4.79 Å². The summed E-state index contributed by atoms with van der Waals surface area (Å²) in [5.74, 6) is 0.219. The molecule has 0 bridgehead atoms. The van der Waals surface area contributed by atoms with Gasteiger partial charge in [-0.25, -0.2) is 0 Å². The van der Waals surface area contributed by atoms with Gasteiger partial charge in [-0.2, -0.15) is 0 Å². The largest absolute Gasteiger partial charge is 0.381 e. The van der Waals surface area contributed by atoms with Crippen LogP contribution in [0.15, 0.2) is 0 Å². The van der Waals surface area contributed by atoms with Gasteiger partial charge in [0.15, 0.2) is 0 Å². The molecule has 76 valence electrons. The van der Waals surface area contributed by atoms with Gasteiger partial charge in [0.25, 0.3) is 0 Å². The van der Waals surface area contributed by atoms with Crippen LogP contribution in [0.2, 0.25) is 0 Å². The van der Waals surface area contributed by atoms with Crippen molar-refractivity contribution in [3.05, 3.63) is 0 Å². The van der Waals surface area contributed by atoms with Crippen molar-refractivity contribution in [2.45, 2.75) is 25.8 Å². The standard InChI is InChI=1S/C9H16BrNO2/c1-2-8(5-10)11-9(12)7-3-4-13-6-7/h7-8H,2-6H2,1H3,(H,11,12). The average Bonchev–Trinajstić information content (AvgIpc) is 2.66. The normalized spacial score (nSPS) is 24.3. The van der Waals surface area contributed by atoms with Gasteiger partial charge in [-0.15, -0.1) is 0 Å².